The normalized spacial score (nSPS) is 10.8. The van der Waals surface area contributed by atoms with Gasteiger partial charge >= 0.3 is 17.8 Å². The maximum absolute atomic E-state index is 11.4. The third-order valence-electron chi connectivity index (χ3n) is 4.18. The van der Waals surface area contributed by atoms with Crippen molar-refractivity contribution in [1.29, 1.82) is 0 Å². The van der Waals surface area contributed by atoms with Gasteiger partial charge in [0, 0.05) is 0 Å². The lowest BCUT2D eigenvalue weighted by atomic mass is 10.1. The average molecular weight is 354 g/mol. The Morgan fingerprint density at radius 1 is 0.920 bits per heavy atom. The van der Waals surface area contributed by atoms with Gasteiger partial charge in [-0.15, -0.1) is 0 Å². The molecule has 0 fully saturated rings. The van der Waals surface area contributed by atoms with Gasteiger partial charge in [-0.25, -0.2) is 9.78 Å². The highest BCUT2D eigenvalue weighted by atomic mass is 16.6. The zero-order valence-corrected chi connectivity index (χ0v) is 16.1. The average Bonchev–Trinajstić information content (AvgIpc) is 3.08. The Morgan fingerprint density at radius 2 is 1.48 bits per heavy atom. The second kappa shape index (κ2) is 14.8. The topological polar surface area (TPSA) is 61.6 Å². The summed E-state index contributed by atoms with van der Waals surface area (Å²) in [4.78, 5) is 15.3. The summed E-state index contributed by atoms with van der Waals surface area (Å²) in [6, 6.07) is 0. The maximum atomic E-state index is 11.4. The van der Waals surface area contributed by atoms with E-state index in [0.29, 0.717) is 13.2 Å². The van der Waals surface area contributed by atoms with E-state index >= 15 is 0 Å². The molecule has 0 bridgehead atoms. The van der Waals surface area contributed by atoms with Gasteiger partial charge in [0.25, 0.3) is 0 Å². The summed E-state index contributed by atoms with van der Waals surface area (Å²) in [7, 11) is 0. The Bertz CT molecular complexity index is 445. The van der Waals surface area contributed by atoms with Gasteiger partial charge in [0.1, 0.15) is 6.20 Å². The molecule has 0 aliphatic heterocycles. The summed E-state index contributed by atoms with van der Waals surface area (Å²) in [5, 5.41) is 0. The van der Waals surface area contributed by atoms with Gasteiger partial charge in [-0.05, 0) is 13.3 Å². The molecule has 0 unspecified atom stereocenters. The Labute approximate surface area is 152 Å². The summed E-state index contributed by atoms with van der Waals surface area (Å²) in [5.74, 6) is -0.319. The van der Waals surface area contributed by atoms with E-state index in [1.807, 2.05) is 0 Å². The Hall–Kier alpha value is -1.52. The molecular weight excluding hydrogens is 318 g/mol. The molecular formula is C20H35NO4. The van der Waals surface area contributed by atoms with E-state index in [1.54, 1.807) is 6.92 Å². The number of aromatic nitrogens is 1. The van der Waals surface area contributed by atoms with E-state index in [-0.39, 0.29) is 11.8 Å². The first-order valence-corrected chi connectivity index (χ1v) is 10.0. The summed E-state index contributed by atoms with van der Waals surface area (Å²) in [5.41, 5.74) is 0. The first-order valence-electron chi connectivity index (χ1n) is 10.0. The molecule has 1 aromatic rings. The number of oxazole rings is 1. The summed E-state index contributed by atoms with van der Waals surface area (Å²) in [6.07, 6.45) is 17.2. The van der Waals surface area contributed by atoms with Crippen molar-refractivity contribution < 1.29 is 18.7 Å². The van der Waals surface area contributed by atoms with Crippen LogP contribution in [0.5, 0.6) is 5.95 Å². The van der Waals surface area contributed by atoms with Crippen molar-refractivity contribution in [3.8, 4) is 5.95 Å². The standard InChI is InChI=1S/C20H35NO4/c1-3-5-6-7-8-9-10-11-12-13-14-15-16-24-18-17-21-19(25-18)20(22)23-4-2/h17H,3-16H2,1-2H3. The van der Waals surface area contributed by atoms with Crippen LogP contribution in [-0.4, -0.2) is 24.2 Å². The maximum Gasteiger partial charge on any atom is 0.394 e. The molecule has 0 N–H and O–H groups in total. The van der Waals surface area contributed by atoms with E-state index in [0.717, 1.165) is 12.8 Å². The largest absolute Gasteiger partial charge is 0.464 e. The van der Waals surface area contributed by atoms with E-state index in [4.69, 9.17) is 13.9 Å². The van der Waals surface area contributed by atoms with Crippen LogP contribution in [0.25, 0.3) is 0 Å². The van der Waals surface area contributed by atoms with Crippen molar-refractivity contribution in [2.24, 2.45) is 0 Å². The Balaban J connectivity index is 1.90. The van der Waals surface area contributed by atoms with E-state index in [9.17, 15) is 4.79 Å². The summed E-state index contributed by atoms with van der Waals surface area (Å²) >= 11 is 0. The molecule has 0 radical (unpaired) electrons. The SMILES string of the molecule is CCCCCCCCCCCCCCOc1cnc(C(=O)OCC)o1. The third kappa shape index (κ3) is 10.8. The van der Waals surface area contributed by atoms with Crippen LogP contribution < -0.4 is 4.74 Å². The van der Waals surface area contributed by atoms with Gasteiger partial charge in [-0.2, -0.15) is 0 Å². The fourth-order valence-electron chi connectivity index (χ4n) is 2.73. The van der Waals surface area contributed by atoms with Crippen molar-refractivity contribution in [3.05, 3.63) is 12.1 Å². The van der Waals surface area contributed by atoms with Crippen molar-refractivity contribution >= 4 is 5.97 Å². The van der Waals surface area contributed by atoms with Crippen LogP contribution >= 0.6 is 0 Å². The molecule has 144 valence electrons. The molecule has 0 aliphatic rings. The Kier molecular flexibility index (Phi) is 12.7. The minimum atomic E-state index is -0.553. The lowest BCUT2D eigenvalue weighted by Gasteiger charge is -2.03. The van der Waals surface area contributed by atoms with E-state index < -0.39 is 5.97 Å². The number of hydrogen-bond donors (Lipinski definition) is 0. The van der Waals surface area contributed by atoms with Crippen LogP contribution in [0.2, 0.25) is 0 Å². The number of esters is 1. The predicted octanol–water partition coefficient (Wildman–Crippen LogP) is 5.93. The highest BCUT2D eigenvalue weighted by molar-refractivity contribution is 5.84. The molecule has 0 aliphatic carbocycles. The van der Waals surface area contributed by atoms with Gasteiger partial charge in [0.05, 0.1) is 13.2 Å². The van der Waals surface area contributed by atoms with Crippen LogP contribution in [0, 0.1) is 0 Å². The lowest BCUT2D eigenvalue weighted by Crippen LogP contribution is -2.04. The summed E-state index contributed by atoms with van der Waals surface area (Å²) < 4.78 is 15.5. The number of unbranched alkanes of at least 4 members (excludes halogenated alkanes) is 11. The predicted molar refractivity (Wildman–Crippen MR) is 99.0 cm³/mol. The number of hydrogen-bond acceptors (Lipinski definition) is 5. The fourth-order valence-corrected chi connectivity index (χ4v) is 2.73. The van der Waals surface area contributed by atoms with Crippen molar-refractivity contribution in [2.45, 2.75) is 90.9 Å². The van der Waals surface area contributed by atoms with Gasteiger partial charge in [-0.1, -0.05) is 77.6 Å². The minimum Gasteiger partial charge on any atom is -0.464 e. The van der Waals surface area contributed by atoms with Crippen LogP contribution in [0.3, 0.4) is 0 Å². The smallest absolute Gasteiger partial charge is 0.394 e. The molecule has 0 aromatic carbocycles. The molecule has 1 aromatic heterocycles. The molecule has 0 spiro atoms. The number of nitrogens with zero attached hydrogens (tertiary/aromatic N) is 1. The quantitative estimate of drug-likeness (QED) is 0.272. The molecule has 5 nitrogen and oxygen atoms in total. The van der Waals surface area contributed by atoms with E-state index in [1.165, 1.54) is 70.4 Å². The third-order valence-corrected chi connectivity index (χ3v) is 4.18. The van der Waals surface area contributed by atoms with Crippen LogP contribution in [0.4, 0.5) is 0 Å². The first kappa shape index (κ1) is 21.5. The lowest BCUT2D eigenvalue weighted by molar-refractivity contribution is 0.0472. The van der Waals surface area contributed by atoms with Crippen LogP contribution in [0.1, 0.15) is 102 Å². The fraction of sp³-hybridized carbons (Fsp3) is 0.800. The molecule has 0 amide bonds. The minimum absolute atomic E-state index is 0.0495. The van der Waals surface area contributed by atoms with Gasteiger partial charge in [-0.3, -0.25) is 0 Å². The number of rotatable bonds is 16. The van der Waals surface area contributed by atoms with Crippen molar-refractivity contribution in [3.63, 3.8) is 0 Å². The number of carbonyl (C=O) groups is 1. The zero-order valence-electron chi connectivity index (χ0n) is 16.1. The molecule has 0 saturated heterocycles. The summed E-state index contributed by atoms with van der Waals surface area (Å²) in [6.45, 7) is 4.90. The van der Waals surface area contributed by atoms with Gasteiger partial charge in [0.15, 0.2) is 0 Å². The van der Waals surface area contributed by atoms with Crippen molar-refractivity contribution in [1.82, 2.24) is 4.98 Å². The second-order valence-corrected chi connectivity index (χ2v) is 6.44. The second-order valence-electron chi connectivity index (χ2n) is 6.44. The highest BCUT2D eigenvalue weighted by Gasteiger charge is 2.14. The van der Waals surface area contributed by atoms with Crippen molar-refractivity contribution in [2.75, 3.05) is 13.2 Å². The van der Waals surface area contributed by atoms with E-state index in [2.05, 4.69) is 11.9 Å². The molecule has 25 heavy (non-hydrogen) atoms. The molecule has 5 heteroatoms. The van der Waals surface area contributed by atoms with Gasteiger partial charge < -0.3 is 13.9 Å². The highest BCUT2D eigenvalue weighted by Crippen LogP contribution is 2.15. The molecule has 0 saturated carbocycles. The first-order chi connectivity index (χ1) is 12.3. The zero-order chi connectivity index (χ0) is 18.2. The molecule has 0 atom stereocenters. The number of ether oxygens (including phenoxy) is 2. The monoisotopic (exact) mass is 353 g/mol. The van der Waals surface area contributed by atoms with Crippen LogP contribution in [-0.2, 0) is 4.74 Å². The van der Waals surface area contributed by atoms with Crippen LogP contribution in [0.15, 0.2) is 10.6 Å². The molecule has 1 rings (SSSR count). The molecule has 1 heterocycles. The Morgan fingerprint density at radius 3 is 2.04 bits per heavy atom. The van der Waals surface area contributed by atoms with Gasteiger partial charge in [0.2, 0.25) is 0 Å². The number of carbonyl (C=O) groups excluding carboxylic acids is 1.